The number of rotatable bonds is 5. The van der Waals surface area contributed by atoms with Gasteiger partial charge in [0.1, 0.15) is 11.4 Å². The summed E-state index contributed by atoms with van der Waals surface area (Å²) >= 11 is 0. The predicted molar refractivity (Wildman–Crippen MR) is 115 cm³/mol. The van der Waals surface area contributed by atoms with E-state index in [4.69, 9.17) is 4.74 Å². The normalized spacial score (nSPS) is 13.8. The van der Waals surface area contributed by atoms with Gasteiger partial charge in [0.05, 0.1) is 12.8 Å². The van der Waals surface area contributed by atoms with Crippen LogP contribution in [-0.2, 0) is 0 Å². The van der Waals surface area contributed by atoms with Crippen molar-refractivity contribution in [3.8, 4) is 5.75 Å². The largest absolute Gasteiger partial charge is 0.495 e. The fourth-order valence-electron chi connectivity index (χ4n) is 3.52. The first-order valence-electron chi connectivity index (χ1n) is 9.70. The second-order valence-electron chi connectivity index (χ2n) is 6.87. The first-order valence-corrected chi connectivity index (χ1v) is 9.70. The number of hydrogen-bond acceptors (Lipinski definition) is 5. The molecule has 0 bridgehead atoms. The highest BCUT2D eigenvalue weighted by molar-refractivity contribution is 5.93. The molecule has 1 aliphatic rings. The van der Waals surface area contributed by atoms with Gasteiger partial charge in [-0.05, 0) is 36.4 Å². The van der Waals surface area contributed by atoms with E-state index >= 15 is 0 Å². The van der Waals surface area contributed by atoms with Gasteiger partial charge in [-0.2, -0.15) is 0 Å². The van der Waals surface area contributed by atoms with Gasteiger partial charge in [-0.25, -0.2) is 0 Å². The molecule has 4 rings (SSSR count). The second kappa shape index (κ2) is 8.65. The van der Waals surface area contributed by atoms with Crippen LogP contribution in [0.15, 0.2) is 72.9 Å². The van der Waals surface area contributed by atoms with Crippen molar-refractivity contribution in [2.45, 2.75) is 0 Å². The summed E-state index contributed by atoms with van der Waals surface area (Å²) in [7, 11) is 1.68. The molecule has 148 valence electrons. The summed E-state index contributed by atoms with van der Waals surface area (Å²) < 4.78 is 5.47. The summed E-state index contributed by atoms with van der Waals surface area (Å²) in [5, 5.41) is 3.31. The molecule has 29 heavy (non-hydrogen) atoms. The van der Waals surface area contributed by atoms with Crippen molar-refractivity contribution in [2.24, 2.45) is 0 Å². The number of pyridine rings is 1. The van der Waals surface area contributed by atoms with Crippen LogP contribution in [0.2, 0.25) is 0 Å². The van der Waals surface area contributed by atoms with Crippen LogP contribution in [-0.4, -0.2) is 49.1 Å². The fourth-order valence-corrected chi connectivity index (χ4v) is 3.52. The van der Waals surface area contributed by atoms with Gasteiger partial charge in [-0.3, -0.25) is 9.78 Å². The smallest absolute Gasteiger partial charge is 0.272 e. The van der Waals surface area contributed by atoms with Crippen molar-refractivity contribution in [3.63, 3.8) is 0 Å². The molecule has 6 nitrogen and oxygen atoms in total. The van der Waals surface area contributed by atoms with Gasteiger partial charge in [0.25, 0.3) is 5.91 Å². The minimum atomic E-state index is -0.0404. The Kier molecular flexibility index (Phi) is 5.61. The molecule has 1 saturated heterocycles. The fraction of sp³-hybridized carbons (Fsp3) is 0.217. The standard InChI is InChI=1S/C23H24N4O2/c1-29-22-10-6-5-9-21(22)26-13-15-27(16-14-26)23(28)20-17-19(11-12-24-20)25-18-7-3-2-4-8-18/h2-12,17H,13-16H2,1H3,(H,24,25). The molecule has 2 aromatic carbocycles. The van der Waals surface area contributed by atoms with E-state index in [1.165, 1.54) is 0 Å². The lowest BCUT2D eigenvalue weighted by atomic mass is 10.2. The van der Waals surface area contributed by atoms with E-state index in [1.54, 1.807) is 13.3 Å². The number of carbonyl (C=O) groups is 1. The summed E-state index contributed by atoms with van der Waals surface area (Å²) in [6.07, 6.45) is 1.67. The highest BCUT2D eigenvalue weighted by Gasteiger charge is 2.24. The molecule has 2 heterocycles. The molecular weight excluding hydrogens is 364 g/mol. The van der Waals surface area contributed by atoms with E-state index in [0.717, 1.165) is 35.9 Å². The van der Waals surface area contributed by atoms with Crippen LogP contribution in [0.1, 0.15) is 10.5 Å². The van der Waals surface area contributed by atoms with Crippen molar-refractivity contribution in [1.82, 2.24) is 9.88 Å². The maximum atomic E-state index is 13.0. The Morgan fingerprint density at radius 1 is 0.931 bits per heavy atom. The molecule has 0 aliphatic carbocycles. The van der Waals surface area contributed by atoms with Gasteiger partial charge in [-0.1, -0.05) is 30.3 Å². The average molecular weight is 388 g/mol. The van der Waals surface area contributed by atoms with E-state index in [0.29, 0.717) is 18.8 Å². The minimum Gasteiger partial charge on any atom is -0.495 e. The minimum absolute atomic E-state index is 0.0404. The Balaban J connectivity index is 1.41. The third-order valence-corrected chi connectivity index (χ3v) is 5.03. The number of nitrogens with zero attached hydrogens (tertiary/aromatic N) is 3. The van der Waals surface area contributed by atoms with E-state index in [-0.39, 0.29) is 5.91 Å². The summed E-state index contributed by atoms with van der Waals surface area (Å²) in [5.74, 6) is 0.815. The van der Waals surface area contributed by atoms with Gasteiger partial charge < -0.3 is 19.9 Å². The zero-order chi connectivity index (χ0) is 20.1. The Labute approximate surface area is 170 Å². The number of para-hydroxylation sites is 3. The highest BCUT2D eigenvalue weighted by atomic mass is 16.5. The number of methoxy groups -OCH3 is 1. The van der Waals surface area contributed by atoms with Gasteiger partial charge >= 0.3 is 0 Å². The van der Waals surface area contributed by atoms with Crippen LogP contribution in [0.3, 0.4) is 0 Å². The lowest BCUT2D eigenvalue weighted by Crippen LogP contribution is -2.49. The monoisotopic (exact) mass is 388 g/mol. The van der Waals surface area contributed by atoms with Gasteiger partial charge in [0.2, 0.25) is 0 Å². The molecule has 0 unspecified atom stereocenters. The van der Waals surface area contributed by atoms with Crippen LogP contribution in [0.5, 0.6) is 5.75 Å². The number of hydrogen-bond donors (Lipinski definition) is 1. The second-order valence-corrected chi connectivity index (χ2v) is 6.87. The first kappa shape index (κ1) is 18.8. The molecule has 0 spiro atoms. The third-order valence-electron chi connectivity index (χ3n) is 5.03. The van der Waals surface area contributed by atoms with Gasteiger partial charge in [0, 0.05) is 43.8 Å². The van der Waals surface area contributed by atoms with E-state index in [1.807, 2.05) is 65.6 Å². The molecule has 0 atom stereocenters. The Morgan fingerprint density at radius 2 is 1.66 bits per heavy atom. The number of amides is 1. The lowest BCUT2D eigenvalue weighted by Gasteiger charge is -2.36. The lowest BCUT2D eigenvalue weighted by molar-refractivity contribution is 0.0741. The number of carbonyl (C=O) groups excluding carboxylic acids is 1. The molecule has 1 amide bonds. The van der Waals surface area contributed by atoms with Crippen LogP contribution < -0.4 is 15.0 Å². The van der Waals surface area contributed by atoms with Crippen molar-refractivity contribution < 1.29 is 9.53 Å². The van der Waals surface area contributed by atoms with Gasteiger partial charge in [0.15, 0.2) is 0 Å². The van der Waals surface area contributed by atoms with E-state index in [9.17, 15) is 4.79 Å². The van der Waals surface area contributed by atoms with Crippen molar-refractivity contribution in [1.29, 1.82) is 0 Å². The molecule has 0 saturated carbocycles. The third kappa shape index (κ3) is 4.32. The quantitative estimate of drug-likeness (QED) is 0.721. The summed E-state index contributed by atoms with van der Waals surface area (Å²) in [4.78, 5) is 21.4. The number of benzene rings is 2. The highest BCUT2D eigenvalue weighted by Crippen LogP contribution is 2.28. The summed E-state index contributed by atoms with van der Waals surface area (Å²) in [6, 6.07) is 21.5. The maximum absolute atomic E-state index is 13.0. The van der Waals surface area contributed by atoms with Crippen LogP contribution in [0, 0.1) is 0 Å². The molecule has 6 heteroatoms. The Hall–Kier alpha value is -3.54. The van der Waals surface area contributed by atoms with Crippen LogP contribution in [0.4, 0.5) is 17.1 Å². The van der Waals surface area contributed by atoms with E-state index < -0.39 is 0 Å². The molecule has 0 radical (unpaired) electrons. The van der Waals surface area contributed by atoms with Gasteiger partial charge in [-0.15, -0.1) is 0 Å². The Bertz CT molecular complexity index is 969. The zero-order valence-electron chi connectivity index (χ0n) is 16.4. The first-order chi connectivity index (χ1) is 14.2. The number of ether oxygens (including phenoxy) is 1. The molecule has 3 aromatic rings. The molecule has 1 fully saturated rings. The summed E-state index contributed by atoms with van der Waals surface area (Å²) in [5.41, 5.74) is 3.34. The SMILES string of the molecule is COc1ccccc1N1CCN(C(=O)c2cc(Nc3ccccc3)ccn2)CC1. The molecule has 1 aromatic heterocycles. The molecule has 1 aliphatic heterocycles. The van der Waals surface area contributed by atoms with Crippen molar-refractivity contribution >= 4 is 23.0 Å². The topological polar surface area (TPSA) is 57.7 Å². The average Bonchev–Trinajstić information content (AvgIpc) is 2.79. The van der Waals surface area contributed by atoms with Crippen LogP contribution in [0.25, 0.3) is 0 Å². The number of aromatic nitrogens is 1. The zero-order valence-corrected chi connectivity index (χ0v) is 16.4. The van der Waals surface area contributed by atoms with Crippen molar-refractivity contribution in [2.75, 3.05) is 43.5 Å². The predicted octanol–water partition coefficient (Wildman–Crippen LogP) is 3.80. The Morgan fingerprint density at radius 3 is 2.41 bits per heavy atom. The van der Waals surface area contributed by atoms with E-state index in [2.05, 4.69) is 21.3 Å². The summed E-state index contributed by atoms with van der Waals surface area (Å²) in [6.45, 7) is 2.81. The molecule has 1 N–H and O–H groups in total. The molecular formula is C23H24N4O2. The number of anilines is 3. The van der Waals surface area contributed by atoms with Crippen LogP contribution >= 0.6 is 0 Å². The number of nitrogens with one attached hydrogen (secondary N) is 1. The number of piperazine rings is 1. The maximum Gasteiger partial charge on any atom is 0.272 e. The van der Waals surface area contributed by atoms with Crippen molar-refractivity contribution in [3.05, 3.63) is 78.6 Å².